The number of carboxylic acids is 2. The molecule has 2 aromatic rings. The summed E-state index contributed by atoms with van der Waals surface area (Å²) >= 11 is 4.65. The van der Waals surface area contributed by atoms with Gasteiger partial charge in [0.25, 0.3) is 0 Å². The molecule has 10 nitrogen and oxygen atoms in total. The van der Waals surface area contributed by atoms with Crippen molar-refractivity contribution in [1.82, 2.24) is 9.97 Å². The summed E-state index contributed by atoms with van der Waals surface area (Å²) in [4.78, 5) is 46.9. The molecule has 0 spiro atoms. The van der Waals surface area contributed by atoms with E-state index >= 15 is 0 Å². The molecule has 0 aromatic carbocycles. The van der Waals surface area contributed by atoms with E-state index in [4.69, 9.17) is 4.98 Å². The summed E-state index contributed by atoms with van der Waals surface area (Å²) in [6.45, 7) is 11.5. The molecule has 0 saturated heterocycles. The van der Waals surface area contributed by atoms with Crippen LogP contribution in [-0.4, -0.2) is 60.3 Å². The van der Waals surface area contributed by atoms with E-state index in [0.717, 1.165) is 44.9 Å². The van der Waals surface area contributed by atoms with E-state index in [1.807, 2.05) is 53.7 Å². The Morgan fingerprint density at radius 2 is 1.89 bits per heavy atom. The van der Waals surface area contributed by atoms with E-state index in [0.29, 0.717) is 23.0 Å². The van der Waals surface area contributed by atoms with E-state index in [9.17, 15) is 29.7 Å². The van der Waals surface area contributed by atoms with Gasteiger partial charge in [-0.2, -0.15) is 36.2 Å². The van der Waals surface area contributed by atoms with Crippen molar-refractivity contribution < 1.29 is 34.7 Å². The lowest BCUT2D eigenvalue weighted by molar-refractivity contribution is -0.434. The third-order valence-electron chi connectivity index (χ3n) is 8.88. The molecule has 0 fully saturated rings. The van der Waals surface area contributed by atoms with E-state index < -0.39 is 11.9 Å². The molecule has 4 heterocycles. The highest BCUT2D eigenvalue weighted by Gasteiger charge is 2.37. The van der Waals surface area contributed by atoms with Crippen LogP contribution < -0.4 is 15.7 Å². The van der Waals surface area contributed by atoms with Crippen LogP contribution in [0.2, 0.25) is 0 Å². The minimum absolute atomic E-state index is 0.0282. The molecule has 11 heteroatoms. The van der Waals surface area contributed by atoms with Crippen molar-refractivity contribution >= 4 is 48.5 Å². The van der Waals surface area contributed by atoms with Crippen molar-refractivity contribution in [3.63, 3.8) is 0 Å². The third-order valence-corrected chi connectivity index (χ3v) is 9.21. The third kappa shape index (κ3) is 6.72. The number of carbonyl (C=O) groups excluding carboxylic acids is 1. The maximum atomic E-state index is 12.4. The summed E-state index contributed by atoms with van der Waals surface area (Å²) in [5, 5.41) is 35.1. The number of aliphatic hydroxyl groups is 1. The lowest BCUT2D eigenvalue weighted by atomic mass is 9.87. The van der Waals surface area contributed by atoms with Gasteiger partial charge < -0.3 is 35.4 Å². The minimum atomic E-state index is -0.922. The van der Waals surface area contributed by atoms with E-state index in [-0.39, 0.29) is 60.6 Å². The van der Waals surface area contributed by atoms with Gasteiger partial charge >= 0.3 is 11.9 Å². The summed E-state index contributed by atoms with van der Waals surface area (Å²) in [6, 6.07) is 0.475. The lowest BCUT2D eigenvalue weighted by Crippen LogP contribution is -2.72. The number of aliphatic hydroxyl groups excluding tert-OH is 1. The highest BCUT2D eigenvalue weighted by Crippen LogP contribution is 2.33. The van der Waals surface area contributed by atoms with Crippen LogP contribution in [-0.2, 0) is 33.6 Å². The summed E-state index contributed by atoms with van der Waals surface area (Å²) < 4.78 is 0. The average Bonchev–Trinajstić information content (AvgIpc) is 3.59. The molecule has 44 heavy (non-hydrogen) atoms. The van der Waals surface area contributed by atoms with Gasteiger partial charge in [0.15, 0.2) is 0 Å². The second-order valence-electron chi connectivity index (χ2n) is 11.7. The number of thiol groups is 1. The van der Waals surface area contributed by atoms with Crippen LogP contribution in [0.15, 0.2) is 11.1 Å². The topological polar surface area (TPSA) is 169 Å². The first-order valence-corrected chi connectivity index (χ1v) is 15.4. The number of H-pyrrole nitrogens is 1. The molecule has 2 aliphatic rings. The van der Waals surface area contributed by atoms with Crippen LogP contribution >= 0.6 is 12.6 Å². The molecule has 2 aromatic heterocycles. The van der Waals surface area contributed by atoms with Crippen molar-refractivity contribution in [2.24, 2.45) is 11.8 Å². The number of hydrogen-bond acceptors (Lipinski definition) is 5. The van der Waals surface area contributed by atoms with Gasteiger partial charge in [0.2, 0.25) is 5.90 Å². The Labute approximate surface area is 262 Å². The molecule has 0 radical (unpaired) electrons. The zero-order chi connectivity index (χ0) is 32.5. The number of hydrogen-bond donors (Lipinski definition) is 6. The smallest absolute Gasteiger partial charge is 0.303 e. The average molecular weight is 622 g/mol. The minimum Gasteiger partial charge on any atom is -0.713 e. The highest BCUT2D eigenvalue weighted by molar-refractivity contribution is 7.80. The maximum absolute atomic E-state index is 12.4. The lowest BCUT2D eigenvalue weighted by Gasteiger charge is -2.31. The molecule has 0 unspecified atom stereocenters. The Hall–Kier alpha value is -3.99. The van der Waals surface area contributed by atoms with Crippen LogP contribution in [0.25, 0.3) is 17.5 Å². The Bertz CT molecular complexity index is 1650. The first-order valence-electron chi connectivity index (χ1n) is 14.9. The molecular formula is C33H41N4O6S-3. The molecule has 5 N–H and O–H groups in total. The second-order valence-corrected chi connectivity index (χ2v) is 12.6. The van der Waals surface area contributed by atoms with Crippen molar-refractivity contribution in [3.8, 4) is 0 Å². The molecular weight excluding hydrogens is 580 g/mol. The zero-order valence-electron chi connectivity index (χ0n) is 26.0. The maximum Gasteiger partial charge on any atom is 0.303 e. The molecule has 4 atom stereocenters. The highest BCUT2D eigenvalue weighted by atomic mass is 32.1. The van der Waals surface area contributed by atoms with Crippen LogP contribution in [0.3, 0.4) is 0 Å². The molecule has 1 amide bonds. The molecule has 0 aliphatic carbocycles. The Kier molecular flexibility index (Phi) is 9.98. The summed E-state index contributed by atoms with van der Waals surface area (Å²) in [6.07, 6.45) is 6.37. The number of carboxylic acid groups (broad SMARTS) is 2. The molecule has 0 saturated carbocycles. The van der Waals surface area contributed by atoms with Crippen molar-refractivity contribution in [1.29, 1.82) is 0 Å². The number of aromatic nitrogens is 2. The van der Waals surface area contributed by atoms with Crippen LogP contribution in [0.4, 0.5) is 0 Å². The van der Waals surface area contributed by atoms with Gasteiger partial charge in [-0.25, -0.2) is 0 Å². The van der Waals surface area contributed by atoms with E-state index in [1.165, 1.54) is 0 Å². The number of aromatic amines is 1. The van der Waals surface area contributed by atoms with Gasteiger partial charge in [-0.3, -0.25) is 14.6 Å². The normalized spacial score (nSPS) is 21.7. The molecule has 238 valence electrons. The van der Waals surface area contributed by atoms with Crippen molar-refractivity contribution in [3.05, 3.63) is 73.3 Å². The Morgan fingerprint density at radius 1 is 1.20 bits per heavy atom. The van der Waals surface area contributed by atoms with Gasteiger partial charge in [0.05, 0.1) is 6.04 Å². The van der Waals surface area contributed by atoms with Gasteiger partial charge in [0.1, 0.15) is 0 Å². The fraction of sp³-hybridized carbons (Fsp3) is 0.455. The molecule has 2 aliphatic heterocycles. The summed E-state index contributed by atoms with van der Waals surface area (Å²) in [7, 11) is 0. The predicted octanol–water partition coefficient (Wildman–Crippen LogP) is 1.91. The molecule has 4 rings (SSSR count). The van der Waals surface area contributed by atoms with Crippen LogP contribution in [0.5, 0.6) is 0 Å². The number of carbonyl (C=O) groups is 3. The SMILES string of the molecule is C[CH-]C1=C(C)[C@@H](Cc2nc(/C=c3\[nH]/c(=C/[C-]4[NH+]=C(O)[C@H](C)[C@H]4[C@H](C)S)c(C)c3CCC(=O)O)[c-](CCC(=O)O)c2C)[N-]C1=O. The number of nitrogens with zero attached hydrogens (tertiary/aromatic N) is 2. The summed E-state index contributed by atoms with van der Waals surface area (Å²) in [5.41, 5.74) is 6.19. The number of nitrogens with one attached hydrogen (secondary N) is 2. The van der Waals surface area contributed by atoms with E-state index in [1.54, 1.807) is 6.42 Å². The number of rotatable bonds is 12. The van der Waals surface area contributed by atoms with Crippen LogP contribution in [0, 0.1) is 38.1 Å². The van der Waals surface area contributed by atoms with Crippen molar-refractivity contribution in [2.45, 2.75) is 84.9 Å². The first kappa shape index (κ1) is 32.9. The zero-order valence-corrected chi connectivity index (χ0v) is 26.9. The van der Waals surface area contributed by atoms with Gasteiger partial charge in [-0.1, -0.05) is 75.8 Å². The first-order chi connectivity index (χ1) is 20.7. The molecule has 0 bridgehead atoms. The standard InChI is InChI=1S/C33H42N4O6S/c1-7-20-15(2)25(36-33(20)43)12-23-16(3)21(8-10-29(38)39)26(34-23)14-27-22(9-11-30(40)41)17(4)24(35-27)13-28-31(19(6)44)18(5)32(42)37-28/h7,13-14,18-19,25,31,37H,8-12H2,1-6H3,(H6,34,35,36,38,39,40,41,42,43,44)/q-2/p-1/b24-13+/t18-,19+,25-,31+/m1/s1. The van der Waals surface area contributed by atoms with Gasteiger partial charge in [0, 0.05) is 29.9 Å². The fourth-order valence-corrected chi connectivity index (χ4v) is 6.72. The summed E-state index contributed by atoms with van der Waals surface area (Å²) in [5.74, 6) is -2.07. The number of amides is 1. The predicted molar refractivity (Wildman–Crippen MR) is 171 cm³/mol. The largest absolute Gasteiger partial charge is 0.713 e. The monoisotopic (exact) mass is 621 g/mol. The Morgan fingerprint density at radius 3 is 2.48 bits per heavy atom. The van der Waals surface area contributed by atoms with Crippen LogP contribution in [0.1, 0.15) is 74.2 Å². The van der Waals surface area contributed by atoms with Gasteiger partial charge in [-0.15, -0.1) is 17.2 Å². The van der Waals surface area contributed by atoms with Crippen molar-refractivity contribution in [2.75, 3.05) is 0 Å². The fourth-order valence-electron chi connectivity index (χ4n) is 6.30. The van der Waals surface area contributed by atoms with E-state index in [2.05, 4.69) is 27.9 Å². The Balaban J connectivity index is 1.84. The quantitative estimate of drug-likeness (QED) is 0.155. The second kappa shape index (κ2) is 13.3. The van der Waals surface area contributed by atoms with Gasteiger partial charge in [-0.05, 0) is 30.2 Å². The number of aliphatic carboxylic acids is 2.